The number of hydrogen-bond acceptors (Lipinski definition) is 3. The molecule has 20 heavy (non-hydrogen) atoms. The highest BCUT2D eigenvalue weighted by Gasteiger charge is 2.26. The van der Waals surface area contributed by atoms with E-state index in [9.17, 15) is 9.90 Å². The van der Waals surface area contributed by atoms with Gasteiger partial charge in [0.05, 0.1) is 11.4 Å². The highest BCUT2D eigenvalue weighted by atomic mass is 16.4. The van der Waals surface area contributed by atoms with Gasteiger partial charge in [-0.25, -0.2) is 0 Å². The summed E-state index contributed by atoms with van der Waals surface area (Å²) in [5.41, 5.74) is 3.05. The first kappa shape index (κ1) is 12.9. The number of piperidine rings is 1. The largest absolute Gasteiger partial charge is 0.481 e. The highest BCUT2D eigenvalue weighted by Crippen LogP contribution is 2.30. The maximum atomic E-state index is 11.2. The van der Waals surface area contributed by atoms with E-state index in [1.54, 1.807) is 0 Å². The lowest BCUT2D eigenvalue weighted by atomic mass is 9.97. The third-order valence-electron chi connectivity index (χ3n) is 3.93. The van der Waals surface area contributed by atoms with Crippen molar-refractivity contribution in [3.63, 3.8) is 0 Å². The number of rotatable bonds is 2. The molecule has 0 aliphatic carbocycles. The molecule has 1 aromatic carbocycles. The van der Waals surface area contributed by atoms with Crippen LogP contribution < -0.4 is 4.90 Å². The molecular weight excluding hydrogens is 252 g/mol. The number of aromatic nitrogens is 1. The Balaban J connectivity index is 2.03. The fraction of sp³-hybridized carbons (Fsp3) is 0.375. The molecule has 4 nitrogen and oxygen atoms in total. The number of nitrogens with zero attached hydrogens (tertiary/aromatic N) is 2. The van der Waals surface area contributed by atoms with E-state index >= 15 is 0 Å². The molecule has 1 aliphatic rings. The standard InChI is InChI=1S/C16H18N2O2/c1-11-9-15(13-6-2-3-7-14(13)17-11)18-8-4-5-12(10-18)16(19)20/h2-3,6-7,9,12H,4-5,8,10H2,1H3,(H,19,20). The zero-order valence-corrected chi connectivity index (χ0v) is 11.5. The summed E-state index contributed by atoms with van der Waals surface area (Å²) in [6.45, 7) is 3.48. The Morgan fingerprint density at radius 2 is 2.20 bits per heavy atom. The van der Waals surface area contributed by atoms with E-state index in [-0.39, 0.29) is 5.92 Å². The smallest absolute Gasteiger partial charge is 0.308 e. The Morgan fingerprint density at radius 1 is 1.40 bits per heavy atom. The average Bonchev–Trinajstić information content (AvgIpc) is 2.46. The molecule has 1 fully saturated rings. The van der Waals surface area contributed by atoms with Crippen LogP contribution in [0.3, 0.4) is 0 Å². The van der Waals surface area contributed by atoms with Crippen molar-refractivity contribution in [1.29, 1.82) is 0 Å². The van der Waals surface area contributed by atoms with Crippen LogP contribution in [0.2, 0.25) is 0 Å². The van der Waals surface area contributed by atoms with Gasteiger partial charge in [0.2, 0.25) is 0 Å². The molecule has 0 radical (unpaired) electrons. The van der Waals surface area contributed by atoms with Gasteiger partial charge in [-0.15, -0.1) is 0 Å². The van der Waals surface area contributed by atoms with E-state index < -0.39 is 5.97 Å². The number of hydrogen-bond donors (Lipinski definition) is 1. The molecule has 2 heterocycles. The number of aryl methyl sites for hydroxylation is 1. The average molecular weight is 270 g/mol. The second-order valence-electron chi connectivity index (χ2n) is 5.42. The lowest BCUT2D eigenvalue weighted by molar-refractivity contribution is -0.141. The van der Waals surface area contributed by atoms with Crippen molar-refractivity contribution in [2.45, 2.75) is 19.8 Å². The fourth-order valence-corrected chi connectivity index (χ4v) is 2.94. The zero-order chi connectivity index (χ0) is 14.1. The van der Waals surface area contributed by atoms with Crippen LogP contribution in [0.5, 0.6) is 0 Å². The number of pyridine rings is 1. The molecule has 1 N–H and O–H groups in total. The molecule has 1 atom stereocenters. The van der Waals surface area contributed by atoms with Crippen LogP contribution in [0, 0.1) is 12.8 Å². The van der Waals surface area contributed by atoms with Crippen molar-refractivity contribution >= 4 is 22.6 Å². The third-order valence-corrected chi connectivity index (χ3v) is 3.93. The second-order valence-corrected chi connectivity index (χ2v) is 5.42. The van der Waals surface area contributed by atoms with E-state index in [1.807, 2.05) is 25.1 Å². The minimum Gasteiger partial charge on any atom is -0.481 e. The second kappa shape index (κ2) is 5.12. The van der Waals surface area contributed by atoms with Gasteiger partial charge in [0, 0.05) is 29.9 Å². The van der Waals surface area contributed by atoms with Crippen LogP contribution in [0.15, 0.2) is 30.3 Å². The maximum absolute atomic E-state index is 11.2. The van der Waals surface area contributed by atoms with Gasteiger partial charge in [0.15, 0.2) is 0 Å². The van der Waals surface area contributed by atoms with Crippen molar-refractivity contribution in [3.05, 3.63) is 36.0 Å². The molecule has 1 aliphatic heterocycles. The summed E-state index contributed by atoms with van der Waals surface area (Å²) >= 11 is 0. The lowest BCUT2D eigenvalue weighted by Gasteiger charge is -2.33. The summed E-state index contributed by atoms with van der Waals surface area (Å²) in [6.07, 6.45) is 1.69. The van der Waals surface area contributed by atoms with E-state index in [1.165, 1.54) is 0 Å². The molecule has 1 aromatic heterocycles. The molecule has 0 saturated carbocycles. The van der Waals surface area contributed by atoms with E-state index in [2.05, 4.69) is 22.0 Å². The third kappa shape index (κ3) is 2.33. The SMILES string of the molecule is Cc1cc(N2CCCC(C(=O)O)C2)c2ccccc2n1. The normalized spacial score (nSPS) is 19.2. The van der Waals surface area contributed by atoms with Gasteiger partial charge in [0.25, 0.3) is 0 Å². The number of anilines is 1. The molecule has 0 bridgehead atoms. The lowest BCUT2D eigenvalue weighted by Crippen LogP contribution is -2.38. The number of fused-ring (bicyclic) bond motifs is 1. The Labute approximate surface area is 118 Å². The van der Waals surface area contributed by atoms with Gasteiger partial charge < -0.3 is 10.0 Å². The summed E-state index contributed by atoms with van der Waals surface area (Å²) in [5, 5.41) is 10.3. The molecule has 1 saturated heterocycles. The van der Waals surface area contributed by atoms with E-state index in [4.69, 9.17) is 0 Å². The van der Waals surface area contributed by atoms with Gasteiger partial charge in [-0.1, -0.05) is 18.2 Å². The molecule has 0 amide bonds. The van der Waals surface area contributed by atoms with Crippen molar-refractivity contribution in [3.8, 4) is 0 Å². The Kier molecular flexibility index (Phi) is 3.30. The van der Waals surface area contributed by atoms with Crippen molar-refractivity contribution < 1.29 is 9.90 Å². The first-order valence-corrected chi connectivity index (χ1v) is 6.99. The number of aliphatic carboxylic acids is 1. The van der Waals surface area contributed by atoms with Gasteiger partial charge in [-0.3, -0.25) is 9.78 Å². The summed E-state index contributed by atoms with van der Waals surface area (Å²) < 4.78 is 0. The predicted octanol–water partition coefficient (Wildman–Crippen LogP) is 2.84. The zero-order valence-electron chi connectivity index (χ0n) is 11.5. The summed E-state index contributed by atoms with van der Waals surface area (Å²) in [5.74, 6) is -0.958. The number of benzene rings is 1. The van der Waals surface area contributed by atoms with E-state index in [0.29, 0.717) is 6.54 Å². The van der Waals surface area contributed by atoms with Gasteiger partial charge in [-0.05, 0) is 31.9 Å². The topological polar surface area (TPSA) is 53.4 Å². The van der Waals surface area contributed by atoms with Crippen molar-refractivity contribution in [2.24, 2.45) is 5.92 Å². The van der Waals surface area contributed by atoms with Crippen molar-refractivity contribution in [2.75, 3.05) is 18.0 Å². The predicted molar refractivity (Wildman–Crippen MR) is 79.1 cm³/mol. The maximum Gasteiger partial charge on any atom is 0.308 e. The quantitative estimate of drug-likeness (QED) is 0.911. The number of carbonyl (C=O) groups is 1. The van der Waals surface area contributed by atoms with E-state index in [0.717, 1.165) is 41.7 Å². The summed E-state index contributed by atoms with van der Waals surface area (Å²) in [7, 11) is 0. The first-order chi connectivity index (χ1) is 9.65. The monoisotopic (exact) mass is 270 g/mol. The minimum absolute atomic E-state index is 0.268. The Hall–Kier alpha value is -2.10. The molecule has 3 rings (SSSR count). The molecule has 2 aromatic rings. The summed E-state index contributed by atoms with van der Waals surface area (Å²) in [4.78, 5) is 18.0. The van der Waals surface area contributed by atoms with Gasteiger partial charge in [0.1, 0.15) is 0 Å². The van der Waals surface area contributed by atoms with Crippen LogP contribution >= 0.6 is 0 Å². The van der Waals surface area contributed by atoms with Crippen LogP contribution in [0.4, 0.5) is 5.69 Å². The fourth-order valence-electron chi connectivity index (χ4n) is 2.94. The molecule has 104 valence electrons. The number of carboxylic acids is 1. The van der Waals surface area contributed by atoms with Crippen LogP contribution in [0.25, 0.3) is 10.9 Å². The van der Waals surface area contributed by atoms with Crippen LogP contribution in [-0.2, 0) is 4.79 Å². The molecule has 0 spiro atoms. The Morgan fingerprint density at radius 3 is 3.00 bits per heavy atom. The summed E-state index contributed by atoms with van der Waals surface area (Å²) in [6, 6.07) is 10.1. The van der Waals surface area contributed by atoms with Gasteiger partial charge in [-0.2, -0.15) is 0 Å². The Bertz CT molecular complexity index is 654. The minimum atomic E-state index is -0.690. The van der Waals surface area contributed by atoms with Crippen LogP contribution in [-0.4, -0.2) is 29.1 Å². The van der Waals surface area contributed by atoms with Crippen molar-refractivity contribution in [1.82, 2.24) is 4.98 Å². The molecular formula is C16H18N2O2. The molecule has 1 unspecified atom stereocenters. The van der Waals surface area contributed by atoms with Gasteiger partial charge >= 0.3 is 5.97 Å². The van der Waals surface area contributed by atoms with Crippen LogP contribution in [0.1, 0.15) is 18.5 Å². The molecule has 4 heteroatoms. The number of para-hydroxylation sites is 1. The highest BCUT2D eigenvalue weighted by molar-refractivity contribution is 5.92. The number of carboxylic acid groups (broad SMARTS) is 1. The first-order valence-electron chi connectivity index (χ1n) is 6.99.